The lowest BCUT2D eigenvalue weighted by molar-refractivity contribution is -0.145. The number of hydrogen-bond acceptors (Lipinski definition) is 10. The van der Waals surface area contributed by atoms with Crippen molar-refractivity contribution in [3.05, 3.63) is 12.2 Å². The first kappa shape index (κ1) is 27.1. The van der Waals surface area contributed by atoms with Crippen molar-refractivity contribution in [2.24, 2.45) is 15.4 Å². The SMILES string of the molecule is C=C(C1=NC(C2SCC(C(O)C(C)(C)C3=NC(C)(C(=O)OC)CS3)N2C)CS1)C(CC)OC. The maximum atomic E-state index is 12.2. The fourth-order valence-electron chi connectivity index (χ4n) is 4.48. The van der Waals surface area contributed by atoms with Gasteiger partial charge in [0, 0.05) is 41.4 Å². The molecule has 3 aliphatic heterocycles. The van der Waals surface area contributed by atoms with E-state index in [1.165, 1.54) is 7.11 Å². The number of rotatable bonds is 9. The lowest BCUT2D eigenvalue weighted by Crippen LogP contribution is -2.51. The van der Waals surface area contributed by atoms with E-state index in [0.717, 1.165) is 33.6 Å². The van der Waals surface area contributed by atoms with E-state index in [0.29, 0.717) is 5.75 Å². The maximum Gasteiger partial charge on any atom is 0.334 e. The van der Waals surface area contributed by atoms with E-state index >= 15 is 0 Å². The molecule has 0 spiro atoms. The average Bonchev–Trinajstić information content (AvgIpc) is 3.52. The topological polar surface area (TPSA) is 83.7 Å². The third-order valence-electron chi connectivity index (χ3n) is 6.80. The first-order valence-electron chi connectivity index (χ1n) is 11.3. The number of aliphatic hydroxyl groups excluding tert-OH is 1. The van der Waals surface area contributed by atoms with Crippen molar-refractivity contribution >= 4 is 51.3 Å². The van der Waals surface area contributed by atoms with Crippen LogP contribution in [0.5, 0.6) is 0 Å². The van der Waals surface area contributed by atoms with Crippen molar-refractivity contribution < 1.29 is 19.4 Å². The average molecular weight is 516 g/mol. The maximum absolute atomic E-state index is 12.2. The first-order valence-corrected chi connectivity index (χ1v) is 14.3. The summed E-state index contributed by atoms with van der Waals surface area (Å²) in [6, 6.07) is 0.116. The molecular formula is C23H37N3O4S3. The summed E-state index contributed by atoms with van der Waals surface area (Å²) in [5.74, 6) is 1.92. The third kappa shape index (κ3) is 5.21. The van der Waals surface area contributed by atoms with Gasteiger partial charge in [-0.15, -0.1) is 35.3 Å². The van der Waals surface area contributed by atoms with Crippen molar-refractivity contribution in [3.63, 3.8) is 0 Å². The first-order chi connectivity index (χ1) is 15.5. The molecule has 6 atom stereocenters. The molecule has 186 valence electrons. The largest absolute Gasteiger partial charge is 0.467 e. The minimum absolute atomic E-state index is 0.000285. The highest BCUT2D eigenvalue weighted by Gasteiger charge is 2.50. The van der Waals surface area contributed by atoms with Crippen LogP contribution in [0.2, 0.25) is 0 Å². The van der Waals surface area contributed by atoms with E-state index in [4.69, 9.17) is 19.5 Å². The molecule has 33 heavy (non-hydrogen) atoms. The van der Waals surface area contributed by atoms with Gasteiger partial charge in [-0.25, -0.2) is 4.79 Å². The monoisotopic (exact) mass is 515 g/mol. The summed E-state index contributed by atoms with van der Waals surface area (Å²) in [7, 11) is 5.18. The summed E-state index contributed by atoms with van der Waals surface area (Å²) in [5.41, 5.74) is -0.511. The van der Waals surface area contributed by atoms with Gasteiger partial charge in [-0.05, 0) is 20.4 Å². The molecule has 1 saturated heterocycles. The molecular weight excluding hydrogens is 478 g/mol. The fraction of sp³-hybridized carbons (Fsp3) is 0.783. The van der Waals surface area contributed by atoms with Gasteiger partial charge in [-0.2, -0.15) is 0 Å². The Kier molecular flexibility index (Phi) is 8.71. The molecule has 0 aromatic heterocycles. The van der Waals surface area contributed by atoms with Gasteiger partial charge < -0.3 is 14.6 Å². The second kappa shape index (κ2) is 10.6. The van der Waals surface area contributed by atoms with Crippen molar-refractivity contribution in [3.8, 4) is 0 Å². The third-order valence-corrected chi connectivity index (χ3v) is 11.1. The molecule has 0 saturated carbocycles. The highest BCUT2D eigenvalue weighted by Crippen LogP contribution is 2.44. The Labute approximate surface area is 210 Å². The molecule has 0 aliphatic carbocycles. The lowest BCUT2D eigenvalue weighted by Gasteiger charge is -2.38. The molecule has 0 amide bonds. The number of hydrogen-bond donors (Lipinski definition) is 1. The van der Waals surface area contributed by atoms with Crippen LogP contribution in [0.4, 0.5) is 0 Å². The number of thioether (sulfide) groups is 3. The Morgan fingerprint density at radius 2 is 2.06 bits per heavy atom. The fourth-order valence-corrected chi connectivity index (χ4v) is 8.66. The number of carbonyl (C=O) groups excluding carboxylic acids is 1. The number of ether oxygens (including phenoxy) is 2. The highest BCUT2D eigenvalue weighted by molar-refractivity contribution is 8.15. The molecule has 3 aliphatic rings. The Morgan fingerprint density at radius 1 is 1.36 bits per heavy atom. The van der Waals surface area contributed by atoms with Gasteiger partial charge in [-0.1, -0.05) is 27.4 Å². The van der Waals surface area contributed by atoms with Crippen molar-refractivity contribution in [2.75, 3.05) is 38.5 Å². The lowest BCUT2D eigenvalue weighted by atomic mass is 9.83. The Balaban J connectivity index is 1.71. The quantitative estimate of drug-likeness (QED) is 0.468. The molecule has 3 heterocycles. The molecule has 1 fully saturated rings. The van der Waals surface area contributed by atoms with E-state index in [9.17, 15) is 9.90 Å². The van der Waals surface area contributed by atoms with Crippen LogP contribution in [0.1, 0.15) is 34.1 Å². The zero-order valence-corrected chi connectivity index (χ0v) is 23.1. The number of esters is 1. The number of methoxy groups -OCH3 is 2. The van der Waals surface area contributed by atoms with Crippen LogP contribution >= 0.6 is 35.3 Å². The van der Waals surface area contributed by atoms with Gasteiger partial charge in [0.05, 0.1) is 40.8 Å². The molecule has 0 aromatic carbocycles. The van der Waals surface area contributed by atoms with E-state index in [2.05, 4.69) is 25.5 Å². The van der Waals surface area contributed by atoms with Crippen LogP contribution in [0.3, 0.4) is 0 Å². The molecule has 1 N–H and O–H groups in total. The van der Waals surface area contributed by atoms with Gasteiger partial charge in [0.15, 0.2) is 5.54 Å². The predicted molar refractivity (Wildman–Crippen MR) is 142 cm³/mol. The van der Waals surface area contributed by atoms with E-state index in [-0.39, 0.29) is 29.5 Å². The Bertz CT molecular complexity index is 830. The second-order valence-electron chi connectivity index (χ2n) is 9.56. The summed E-state index contributed by atoms with van der Waals surface area (Å²) in [6.45, 7) is 12.1. The standard InChI is InChI=1S/C23H37N3O4S3/c1-9-16(29-7)13(2)18-24-14(10-31-18)19-26(6)15(11-32-19)17(27)22(3,4)20-25-23(5,12-33-20)21(28)30-8/h14-17,19,27H,2,9-12H2,1,3-8H3. The Hall–Kier alpha value is -0.520. The predicted octanol–water partition coefficient (Wildman–Crippen LogP) is 3.32. The van der Waals surface area contributed by atoms with Gasteiger partial charge in [-0.3, -0.25) is 14.9 Å². The Morgan fingerprint density at radius 3 is 2.67 bits per heavy atom. The van der Waals surface area contributed by atoms with E-state index < -0.39 is 17.1 Å². The van der Waals surface area contributed by atoms with Crippen LogP contribution in [0.15, 0.2) is 22.1 Å². The highest BCUT2D eigenvalue weighted by atomic mass is 32.2. The molecule has 6 unspecified atom stereocenters. The minimum Gasteiger partial charge on any atom is -0.467 e. The van der Waals surface area contributed by atoms with Gasteiger partial charge >= 0.3 is 5.97 Å². The van der Waals surface area contributed by atoms with Crippen molar-refractivity contribution in [2.45, 2.75) is 69.3 Å². The van der Waals surface area contributed by atoms with Crippen LogP contribution in [0, 0.1) is 5.41 Å². The normalized spacial score (nSPS) is 32.4. The number of aliphatic imine (C=N–C) groups is 2. The minimum atomic E-state index is -0.891. The summed E-state index contributed by atoms with van der Waals surface area (Å²) in [6.07, 6.45) is 0.245. The van der Waals surface area contributed by atoms with Crippen LogP contribution < -0.4 is 0 Å². The summed E-state index contributed by atoms with van der Waals surface area (Å²) in [4.78, 5) is 24.2. The molecule has 0 bridgehead atoms. The van der Waals surface area contributed by atoms with Crippen molar-refractivity contribution in [1.82, 2.24) is 4.90 Å². The van der Waals surface area contributed by atoms with Crippen LogP contribution in [-0.2, 0) is 14.3 Å². The number of carbonyl (C=O) groups is 1. The summed E-state index contributed by atoms with van der Waals surface area (Å²) in [5, 5.41) is 13.5. The van der Waals surface area contributed by atoms with E-state index in [1.807, 2.05) is 25.6 Å². The zero-order chi connectivity index (χ0) is 24.6. The van der Waals surface area contributed by atoms with E-state index in [1.54, 1.807) is 37.6 Å². The van der Waals surface area contributed by atoms with Gasteiger partial charge in [0.1, 0.15) is 0 Å². The number of likely N-dealkylation sites (N-methyl/N-ethyl adjacent to an activating group) is 1. The molecule has 3 rings (SSSR count). The number of nitrogens with zero attached hydrogens (tertiary/aromatic N) is 3. The number of aliphatic hydroxyl groups is 1. The molecule has 10 heteroatoms. The van der Waals surface area contributed by atoms with Crippen LogP contribution in [-0.4, -0.2) is 99.8 Å². The second-order valence-corrected chi connectivity index (χ2v) is 12.7. The molecule has 0 radical (unpaired) electrons. The van der Waals surface area contributed by atoms with Gasteiger partial charge in [0.2, 0.25) is 0 Å². The summed E-state index contributed by atoms with van der Waals surface area (Å²) >= 11 is 5.14. The zero-order valence-electron chi connectivity index (χ0n) is 20.7. The van der Waals surface area contributed by atoms with Crippen molar-refractivity contribution in [1.29, 1.82) is 0 Å². The van der Waals surface area contributed by atoms with Crippen LogP contribution in [0.25, 0.3) is 0 Å². The van der Waals surface area contributed by atoms with Gasteiger partial charge in [0.25, 0.3) is 0 Å². The smallest absolute Gasteiger partial charge is 0.334 e. The molecule has 0 aromatic rings. The summed E-state index contributed by atoms with van der Waals surface area (Å²) < 4.78 is 10.5. The molecule has 7 nitrogen and oxygen atoms in total.